The number of nitrogens with zero attached hydrogens (tertiary/aromatic N) is 2. The molecule has 27 heavy (non-hydrogen) atoms. The van der Waals surface area contributed by atoms with Crippen molar-refractivity contribution in [3.05, 3.63) is 64.8 Å². The predicted molar refractivity (Wildman–Crippen MR) is 110 cm³/mol. The standard InChI is InChI=1S/C20H21BrN4O2/c1-25-19(18(21)13-23-25)15-4-3-5-16(12-15)24-20(26)22-11-10-14-6-8-17(27-2)9-7-14/h3-9,12-13H,10-11H2,1-2H3,(H2,22,24,26). The van der Waals surface area contributed by atoms with Gasteiger partial charge < -0.3 is 15.4 Å². The van der Waals surface area contributed by atoms with Crippen LogP contribution in [0.15, 0.2) is 59.2 Å². The topological polar surface area (TPSA) is 68.2 Å². The van der Waals surface area contributed by atoms with Crippen LogP contribution in [0.2, 0.25) is 0 Å². The SMILES string of the molecule is COc1ccc(CCNC(=O)Nc2cccc(-c3c(Br)cnn3C)c2)cc1. The Kier molecular flexibility index (Phi) is 6.13. The van der Waals surface area contributed by atoms with E-state index in [2.05, 4.69) is 31.7 Å². The molecule has 0 fully saturated rings. The normalized spacial score (nSPS) is 10.5. The summed E-state index contributed by atoms with van der Waals surface area (Å²) in [6.07, 6.45) is 2.50. The number of rotatable bonds is 6. The minimum absolute atomic E-state index is 0.232. The number of urea groups is 1. The molecule has 1 heterocycles. The van der Waals surface area contributed by atoms with Crippen LogP contribution in [0.4, 0.5) is 10.5 Å². The first kappa shape index (κ1) is 19.0. The first-order chi connectivity index (χ1) is 13.1. The second-order valence-corrected chi connectivity index (χ2v) is 6.88. The van der Waals surface area contributed by atoms with Gasteiger partial charge in [-0.3, -0.25) is 4.68 Å². The predicted octanol–water partition coefficient (Wildman–Crippen LogP) is 4.22. The van der Waals surface area contributed by atoms with Gasteiger partial charge >= 0.3 is 6.03 Å². The molecule has 0 aliphatic rings. The average molecular weight is 429 g/mol. The lowest BCUT2D eigenvalue weighted by molar-refractivity contribution is 0.252. The summed E-state index contributed by atoms with van der Waals surface area (Å²) in [6, 6.07) is 15.2. The molecule has 6 nitrogen and oxygen atoms in total. The van der Waals surface area contributed by atoms with E-state index in [4.69, 9.17) is 4.74 Å². The number of benzene rings is 2. The minimum atomic E-state index is -0.232. The summed E-state index contributed by atoms with van der Waals surface area (Å²) in [5.74, 6) is 0.824. The first-order valence-electron chi connectivity index (χ1n) is 8.52. The summed E-state index contributed by atoms with van der Waals surface area (Å²) in [5.41, 5.74) is 3.79. The van der Waals surface area contributed by atoms with Crippen molar-refractivity contribution in [1.29, 1.82) is 0 Å². The third-order valence-corrected chi connectivity index (χ3v) is 4.73. The Morgan fingerprint density at radius 3 is 2.67 bits per heavy atom. The zero-order chi connectivity index (χ0) is 19.2. The average Bonchev–Trinajstić information content (AvgIpc) is 3.01. The molecule has 140 valence electrons. The molecule has 0 unspecified atom stereocenters. The maximum atomic E-state index is 12.2. The van der Waals surface area contributed by atoms with E-state index in [-0.39, 0.29) is 6.03 Å². The van der Waals surface area contributed by atoms with Gasteiger partial charge in [0, 0.05) is 24.8 Å². The zero-order valence-corrected chi connectivity index (χ0v) is 16.8. The summed E-state index contributed by atoms with van der Waals surface area (Å²) >= 11 is 3.50. The lowest BCUT2D eigenvalue weighted by atomic mass is 10.1. The molecule has 2 aromatic carbocycles. The second-order valence-electron chi connectivity index (χ2n) is 6.02. The molecule has 3 aromatic rings. The van der Waals surface area contributed by atoms with Gasteiger partial charge in [0.15, 0.2) is 0 Å². The quantitative estimate of drug-likeness (QED) is 0.617. The van der Waals surface area contributed by atoms with Crippen molar-refractivity contribution in [3.63, 3.8) is 0 Å². The Hall–Kier alpha value is -2.80. The fourth-order valence-electron chi connectivity index (χ4n) is 2.77. The molecule has 2 N–H and O–H groups in total. The van der Waals surface area contributed by atoms with Crippen molar-refractivity contribution in [3.8, 4) is 17.0 Å². The van der Waals surface area contributed by atoms with Gasteiger partial charge in [-0.2, -0.15) is 5.10 Å². The molecule has 0 aliphatic heterocycles. The molecule has 0 radical (unpaired) electrons. The van der Waals surface area contributed by atoms with Crippen molar-refractivity contribution in [2.45, 2.75) is 6.42 Å². The number of carbonyl (C=O) groups is 1. The lowest BCUT2D eigenvalue weighted by Gasteiger charge is -2.10. The van der Waals surface area contributed by atoms with Crippen molar-refractivity contribution in [2.24, 2.45) is 7.05 Å². The van der Waals surface area contributed by atoms with Crippen LogP contribution in [0.5, 0.6) is 5.75 Å². The van der Waals surface area contributed by atoms with Crippen molar-refractivity contribution in [1.82, 2.24) is 15.1 Å². The van der Waals surface area contributed by atoms with E-state index in [0.29, 0.717) is 6.54 Å². The number of aryl methyl sites for hydroxylation is 1. The number of amides is 2. The van der Waals surface area contributed by atoms with Crippen LogP contribution >= 0.6 is 15.9 Å². The molecule has 0 saturated carbocycles. The van der Waals surface area contributed by atoms with Crippen LogP contribution in [-0.4, -0.2) is 29.5 Å². The van der Waals surface area contributed by atoms with E-state index in [1.807, 2.05) is 55.6 Å². The van der Waals surface area contributed by atoms with Gasteiger partial charge in [0.25, 0.3) is 0 Å². The van der Waals surface area contributed by atoms with Gasteiger partial charge in [-0.05, 0) is 52.2 Å². The van der Waals surface area contributed by atoms with E-state index >= 15 is 0 Å². The van der Waals surface area contributed by atoms with Crippen LogP contribution in [-0.2, 0) is 13.5 Å². The van der Waals surface area contributed by atoms with Crippen molar-refractivity contribution >= 4 is 27.6 Å². The van der Waals surface area contributed by atoms with E-state index in [0.717, 1.165) is 39.2 Å². The fraction of sp³-hybridized carbons (Fsp3) is 0.200. The molecule has 0 bridgehead atoms. The third-order valence-electron chi connectivity index (χ3n) is 4.15. The summed E-state index contributed by atoms with van der Waals surface area (Å²) in [4.78, 5) is 12.2. The summed E-state index contributed by atoms with van der Waals surface area (Å²) in [6.45, 7) is 0.547. The van der Waals surface area contributed by atoms with Gasteiger partial charge in [-0.15, -0.1) is 0 Å². The van der Waals surface area contributed by atoms with Gasteiger partial charge in [0.2, 0.25) is 0 Å². The number of ether oxygens (including phenoxy) is 1. The molecule has 0 spiro atoms. The Morgan fingerprint density at radius 2 is 2.00 bits per heavy atom. The molecule has 1 aromatic heterocycles. The number of aromatic nitrogens is 2. The van der Waals surface area contributed by atoms with Crippen LogP contribution in [0.25, 0.3) is 11.3 Å². The van der Waals surface area contributed by atoms with Crippen LogP contribution in [0, 0.1) is 0 Å². The maximum absolute atomic E-state index is 12.2. The van der Waals surface area contributed by atoms with Crippen LogP contribution < -0.4 is 15.4 Å². The highest BCUT2D eigenvalue weighted by Gasteiger charge is 2.10. The number of anilines is 1. The molecular weight excluding hydrogens is 408 g/mol. The minimum Gasteiger partial charge on any atom is -0.497 e. The highest BCUT2D eigenvalue weighted by atomic mass is 79.9. The second kappa shape index (κ2) is 8.73. The van der Waals surface area contributed by atoms with E-state index < -0.39 is 0 Å². The molecule has 2 amide bonds. The van der Waals surface area contributed by atoms with E-state index in [1.54, 1.807) is 18.0 Å². The van der Waals surface area contributed by atoms with Crippen molar-refractivity contribution < 1.29 is 9.53 Å². The smallest absolute Gasteiger partial charge is 0.319 e. The number of nitrogens with one attached hydrogen (secondary N) is 2. The number of methoxy groups -OCH3 is 1. The first-order valence-corrected chi connectivity index (χ1v) is 9.32. The van der Waals surface area contributed by atoms with Gasteiger partial charge in [-0.25, -0.2) is 4.79 Å². The number of hydrogen-bond acceptors (Lipinski definition) is 3. The van der Waals surface area contributed by atoms with Gasteiger partial charge in [-0.1, -0.05) is 24.3 Å². The van der Waals surface area contributed by atoms with Gasteiger partial charge in [0.1, 0.15) is 5.75 Å². The van der Waals surface area contributed by atoms with E-state index in [9.17, 15) is 4.79 Å². The maximum Gasteiger partial charge on any atom is 0.319 e. The lowest BCUT2D eigenvalue weighted by Crippen LogP contribution is -2.30. The molecule has 0 atom stereocenters. The van der Waals surface area contributed by atoms with Crippen LogP contribution in [0.3, 0.4) is 0 Å². The summed E-state index contributed by atoms with van der Waals surface area (Å²) in [7, 11) is 3.52. The molecule has 7 heteroatoms. The Balaban J connectivity index is 1.55. The Morgan fingerprint density at radius 1 is 1.22 bits per heavy atom. The summed E-state index contributed by atoms with van der Waals surface area (Å²) in [5, 5.41) is 9.98. The molecule has 3 rings (SSSR count). The number of carbonyl (C=O) groups excluding carboxylic acids is 1. The molecule has 0 aliphatic carbocycles. The Labute approximate surface area is 166 Å². The highest BCUT2D eigenvalue weighted by molar-refractivity contribution is 9.10. The van der Waals surface area contributed by atoms with Gasteiger partial charge in [0.05, 0.1) is 23.5 Å². The monoisotopic (exact) mass is 428 g/mol. The zero-order valence-electron chi connectivity index (χ0n) is 15.2. The number of hydrogen-bond donors (Lipinski definition) is 2. The highest BCUT2D eigenvalue weighted by Crippen LogP contribution is 2.29. The fourth-order valence-corrected chi connectivity index (χ4v) is 3.34. The number of halogens is 1. The largest absolute Gasteiger partial charge is 0.497 e. The molecular formula is C20H21BrN4O2. The van der Waals surface area contributed by atoms with Crippen molar-refractivity contribution in [2.75, 3.05) is 19.0 Å². The Bertz CT molecular complexity index is 902. The van der Waals surface area contributed by atoms with E-state index in [1.165, 1.54) is 0 Å². The summed E-state index contributed by atoms with van der Waals surface area (Å²) < 4.78 is 7.84. The third kappa shape index (κ3) is 4.89. The van der Waals surface area contributed by atoms with Crippen LogP contribution in [0.1, 0.15) is 5.56 Å². The molecule has 0 saturated heterocycles.